The van der Waals surface area contributed by atoms with Gasteiger partial charge in [0, 0.05) is 18.6 Å². The quantitative estimate of drug-likeness (QED) is 0.651. The Balaban J connectivity index is 0.000000791. The van der Waals surface area contributed by atoms with Crippen molar-refractivity contribution in [3.05, 3.63) is 0 Å². The lowest BCUT2D eigenvalue weighted by Crippen LogP contribution is -2.50. The van der Waals surface area contributed by atoms with Gasteiger partial charge < -0.3 is 5.11 Å². The summed E-state index contributed by atoms with van der Waals surface area (Å²) in [6.07, 6.45) is 1.81. The van der Waals surface area contributed by atoms with Crippen LogP contribution in [0.1, 0.15) is 54.4 Å². The molecule has 1 aliphatic rings. The molecule has 0 aliphatic carbocycles. The molecule has 1 saturated heterocycles. The molecular weight excluding hydrogens is 174 g/mol. The van der Waals surface area contributed by atoms with Gasteiger partial charge in [-0.2, -0.15) is 0 Å². The number of likely N-dealkylation sites (tertiary alicyclic amines) is 1. The summed E-state index contributed by atoms with van der Waals surface area (Å²) in [5, 5.41) is 9.73. The summed E-state index contributed by atoms with van der Waals surface area (Å²) in [6.45, 7) is 14.7. The molecule has 1 N–H and O–H groups in total. The molecule has 2 heteroatoms. The second kappa shape index (κ2) is 5.13. The number of piperidine rings is 1. The van der Waals surface area contributed by atoms with E-state index in [2.05, 4.69) is 25.7 Å². The van der Waals surface area contributed by atoms with Gasteiger partial charge in [0.25, 0.3) is 0 Å². The third kappa shape index (κ3) is 4.43. The number of nitrogens with zero attached hydrogens (tertiary/aromatic N) is 1. The van der Waals surface area contributed by atoms with Crippen molar-refractivity contribution in [2.75, 3.05) is 13.1 Å². The largest absolute Gasteiger partial charge is 0.390 e. The van der Waals surface area contributed by atoms with Crippen LogP contribution in [0.3, 0.4) is 0 Å². The van der Waals surface area contributed by atoms with Crippen molar-refractivity contribution in [3.8, 4) is 0 Å². The Morgan fingerprint density at radius 1 is 1.07 bits per heavy atom. The Morgan fingerprint density at radius 3 is 1.71 bits per heavy atom. The van der Waals surface area contributed by atoms with Gasteiger partial charge in [-0.3, -0.25) is 4.90 Å². The number of hydrogen-bond donors (Lipinski definition) is 1. The fraction of sp³-hybridized carbons (Fsp3) is 1.00. The lowest BCUT2D eigenvalue weighted by molar-refractivity contribution is -0.0284. The summed E-state index contributed by atoms with van der Waals surface area (Å²) < 4.78 is 0. The molecule has 0 unspecified atom stereocenters. The van der Waals surface area contributed by atoms with Crippen molar-refractivity contribution in [2.45, 2.75) is 65.5 Å². The van der Waals surface area contributed by atoms with Crippen LogP contribution < -0.4 is 0 Å². The maximum Gasteiger partial charge on any atom is 0.0644 e. The minimum atomic E-state index is -0.415. The molecular formula is C12H27NO. The average molecular weight is 201 g/mol. The van der Waals surface area contributed by atoms with Crippen LogP contribution in [0.25, 0.3) is 0 Å². The van der Waals surface area contributed by atoms with Gasteiger partial charge in [0.05, 0.1) is 5.60 Å². The van der Waals surface area contributed by atoms with Crippen LogP contribution in [0.4, 0.5) is 0 Å². The number of hydrogen-bond acceptors (Lipinski definition) is 2. The van der Waals surface area contributed by atoms with Crippen LogP contribution in [0.2, 0.25) is 0 Å². The fourth-order valence-corrected chi connectivity index (χ4v) is 1.66. The van der Waals surface area contributed by atoms with Gasteiger partial charge in [-0.25, -0.2) is 0 Å². The zero-order chi connectivity index (χ0) is 11.4. The lowest BCUT2D eigenvalue weighted by Gasteiger charge is -2.43. The van der Waals surface area contributed by atoms with Crippen LogP contribution in [0.15, 0.2) is 0 Å². The monoisotopic (exact) mass is 201 g/mol. The molecule has 0 bridgehead atoms. The van der Waals surface area contributed by atoms with E-state index in [4.69, 9.17) is 0 Å². The summed E-state index contributed by atoms with van der Waals surface area (Å²) in [5.41, 5.74) is -0.155. The van der Waals surface area contributed by atoms with E-state index in [-0.39, 0.29) is 5.54 Å². The third-order valence-electron chi connectivity index (χ3n) is 2.79. The van der Waals surface area contributed by atoms with Crippen molar-refractivity contribution < 1.29 is 5.11 Å². The first-order valence-electron chi connectivity index (χ1n) is 5.79. The van der Waals surface area contributed by atoms with Crippen molar-refractivity contribution in [1.82, 2.24) is 4.90 Å². The minimum Gasteiger partial charge on any atom is -0.390 e. The molecule has 1 heterocycles. The van der Waals surface area contributed by atoms with Crippen molar-refractivity contribution >= 4 is 0 Å². The van der Waals surface area contributed by atoms with Crippen LogP contribution in [0.5, 0.6) is 0 Å². The zero-order valence-electron chi connectivity index (χ0n) is 10.7. The van der Waals surface area contributed by atoms with Crippen LogP contribution >= 0.6 is 0 Å². The van der Waals surface area contributed by atoms with Crippen LogP contribution in [0, 0.1) is 0 Å². The number of aliphatic hydroxyl groups is 1. The van der Waals surface area contributed by atoms with E-state index in [1.165, 1.54) is 0 Å². The van der Waals surface area contributed by atoms with Crippen molar-refractivity contribution in [3.63, 3.8) is 0 Å². The molecule has 86 valence electrons. The summed E-state index contributed by atoms with van der Waals surface area (Å²) >= 11 is 0. The van der Waals surface area contributed by atoms with E-state index in [1.54, 1.807) is 0 Å². The summed E-state index contributed by atoms with van der Waals surface area (Å²) in [7, 11) is 0. The topological polar surface area (TPSA) is 23.5 Å². The van der Waals surface area contributed by atoms with Gasteiger partial charge in [-0.15, -0.1) is 0 Å². The van der Waals surface area contributed by atoms with Crippen LogP contribution in [-0.2, 0) is 0 Å². The predicted octanol–water partition coefficient (Wildman–Crippen LogP) is 2.66. The van der Waals surface area contributed by atoms with Crippen molar-refractivity contribution in [1.29, 1.82) is 0 Å². The molecule has 0 spiro atoms. The average Bonchev–Trinajstić information content (AvgIpc) is 2.05. The standard InChI is InChI=1S/C10H21NO.C2H6/c1-9(2,3)11-7-5-10(4,12)6-8-11;1-2/h12H,5-8H2,1-4H3;1-2H3. The summed E-state index contributed by atoms with van der Waals surface area (Å²) in [6, 6.07) is 0. The molecule has 0 atom stereocenters. The summed E-state index contributed by atoms with van der Waals surface area (Å²) in [4.78, 5) is 2.44. The second-order valence-corrected chi connectivity index (χ2v) is 5.15. The molecule has 1 rings (SSSR count). The van der Waals surface area contributed by atoms with E-state index < -0.39 is 5.60 Å². The highest BCUT2D eigenvalue weighted by molar-refractivity contribution is 4.86. The minimum absolute atomic E-state index is 0.260. The van der Waals surface area contributed by atoms with E-state index >= 15 is 0 Å². The molecule has 0 saturated carbocycles. The smallest absolute Gasteiger partial charge is 0.0644 e. The van der Waals surface area contributed by atoms with Crippen molar-refractivity contribution in [2.24, 2.45) is 0 Å². The Hall–Kier alpha value is -0.0800. The van der Waals surface area contributed by atoms with Gasteiger partial charge in [0.2, 0.25) is 0 Å². The normalized spacial score (nSPS) is 22.5. The van der Waals surface area contributed by atoms with Gasteiger partial charge >= 0.3 is 0 Å². The molecule has 2 nitrogen and oxygen atoms in total. The molecule has 0 aromatic heterocycles. The maximum atomic E-state index is 9.73. The maximum absolute atomic E-state index is 9.73. The lowest BCUT2D eigenvalue weighted by atomic mass is 9.91. The molecule has 14 heavy (non-hydrogen) atoms. The van der Waals surface area contributed by atoms with E-state index in [0.29, 0.717) is 0 Å². The van der Waals surface area contributed by atoms with Gasteiger partial charge in [0.1, 0.15) is 0 Å². The van der Waals surface area contributed by atoms with E-state index in [0.717, 1.165) is 25.9 Å². The molecule has 0 amide bonds. The molecule has 0 aromatic carbocycles. The first-order chi connectivity index (χ1) is 6.31. The third-order valence-corrected chi connectivity index (χ3v) is 2.79. The highest BCUT2D eigenvalue weighted by Gasteiger charge is 2.31. The van der Waals surface area contributed by atoms with Gasteiger partial charge in [-0.05, 0) is 40.5 Å². The zero-order valence-corrected chi connectivity index (χ0v) is 10.7. The molecule has 0 aromatic rings. The number of rotatable bonds is 0. The predicted molar refractivity (Wildman–Crippen MR) is 62.5 cm³/mol. The Morgan fingerprint density at radius 2 is 1.43 bits per heavy atom. The first-order valence-corrected chi connectivity index (χ1v) is 5.79. The van der Waals surface area contributed by atoms with E-state index in [9.17, 15) is 5.11 Å². The highest BCUT2D eigenvalue weighted by atomic mass is 16.3. The van der Waals surface area contributed by atoms with Gasteiger partial charge in [0.15, 0.2) is 0 Å². The Bertz CT molecular complexity index is 148. The SMILES string of the molecule is CC.CC1(O)CCN(C(C)(C)C)CC1. The fourth-order valence-electron chi connectivity index (χ4n) is 1.66. The van der Waals surface area contributed by atoms with Crippen LogP contribution in [-0.4, -0.2) is 34.2 Å². The summed E-state index contributed by atoms with van der Waals surface area (Å²) in [5.74, 6) is 0. The molecule has 1 aliphatic heterocycles. The van der Waals surface area contributed by atoms with E-state index in [1.807, 2.05) is 20.8 Å². The van der Waals surface area contributed by atoms with Gasteiger partial charge in [-0.1, -0.05) is 13.8 Å². The molecule has 0 radical (unpaired) electrons. The second-order valence-electron chi connectivity index (χ2n) is 5.15. The molecule has 1 fully saturated rings. The first kappa shape index (κ1) is 13.9. The highest BCUT2D eigenvalue weighted by Crippen LogP contribution is 2.25. The Labute approximate surface area is 89.3 Å². The Kier molecular flexibility index (Phi) is 5.10.